The second-order valence-electron chi connectivity index (χ2n) is 3.50. The molecule has 6 N–H and O–H groups in total. The highest BCUT2D eigenvalue weighted by Crippen LogP contribution is 2.13. The highest BCUT2D eigenvalue weighted by Gasteiger charge is 2.01. The average Bonchev–Trinajstić information content (AvgIpc) is 2.25. The van der Waals surface area contributed by atoms with Crippen molar-refractivity contribution in [2.24, 2.45) is 0 Å². The number of phenolic OH excluding ortho intramolecular Hbond substituents is 1. The van der Waals surface area contributed by atoms with Crippen LogP contribution < -0.4 is 35.4 Å². The normalized spacial score (nSPS) is 9.24. The van der Waals surface area contributed by atoms with E-state index in [1.807, 2.05) is 18.2 Å². The number of aliphatic hydroxyl groups excluding tert-OH is 1. The number of nitrogens with two attached hydrogens (primary N) is 2. The van der Waals surface area contributed by atoms with E-state index in [9.17, 15) is 5.11 Å². The number of phenols is 1. The van der Waals surface area contributed by atoms with Crippen molar-refractivity contribution in [1.29, 1.82) is 0 Å². The van der Waals surface area contributed by atoms with Gasteiger partial charge in [-0.15, -0.1) is 0 Å². The topological polar surface area (TPSA) is 73.7 Å². The van der Waals surface area contributed by atoms with Gasteiger partial charge in [-0.25, -0.2) is 0 Å². The van der Waals surface area contributed by atoms with Gasteiger partial charge in [0.05, 0.1) is 13.2 Å². The molecule has 0 spiro atoms. The molecule has 0 saturated carbocycles. The molecule has 6 heteroatoms. The maximum Gasteiger partial charge on any atom is 0.125 e. The summed E-state index contributed by atoms with van der Waals surface area (Å²) in [4.78, 5) is 0. The first kappa shape index (κ1) is 18.8. The molecule has 0 bridgehead atoms. The van der Waals surface area contributed by atoms with E-state index in [4.69, 9.17) is 5.11 Å². The Labute approximate surface area is 114 Å². The lowest BCUT2D eigenvalue weighted by Gasteiger charge is -2.03. The van der Waals surface area contributed by atoms with Crippen LogP contribution in [-0.4, -0.2) is 36.5 Å². The minimum Gasteiger partial charge on any atom is -1.00 e. The molecule has 1 aromatic rings. The van der Waals surface area contributed by atoms with Crippen LogP contribution in [0.2, 0.25) is 0 Å². The monoisotopic (exact) mass is 282 g/mol. The first-order chi connectivity index (χ1) is 7.34. The van der Waals surface area contributed by atoms with Crippen LogP contribution >= 0.6 is 0 Å². The molecule has 17 heavy (non-hydrogen) atoms. The van der Waals surface area contributed by atoms with E-state index < -0.39 is 0 Å². The van der Waals surface area contributed by atoms with E-state index in [0.717, 1.165) is 31.7 Å². The molecule has 1 rings (SSSR count). The number of para-hydroxylation sites is 1. The fraction of sp³-hybridized carbons (Fsp3) is 0.455. The lowest BCUT2D eigenvalue weighted by Crippen LogP contribution is -3.00. The summed E-state index contributed by atoms with van der Waals surface area (Å²) in [5, 5.41) is 22.3. The van der Waals surface area contributed by atoms with Crippen molar-refractivity contribution in [1.82, 2.24) is 0 Å². The lowest BCUT2D eigenvalue weighted by atomic mass is 10.2. The number of hydrogen-bond acceptors (Lipinski definition) is 2. The lowest BCUT2D eigenvalue weighted by molar-refractivity contribution is -0.731. The van der Waals surface area contributed by atoms with Gasteiger partial charge >= 0.3 is 0 Å². The zero-order chi connectivity index (χ0) is 10.9. The Morgan fingerprint density at radius 2 is 1.59 bits per heavy atom. The van der Waals surface area contributed by atoms with E-state index in [-0.39, 0.29) is 31.4 Å². The summed E-state index contributed by atoms with van der Waals surface area (Å²) in [7, 11) is 0. The summed E-state index contributed by atoms with van der Waals surface area (Å²) < 4.78 is 0. The van der Waals surface area contributed by atoms with Crippen molar-refractivity contribution in [3.63, 3.8) is 0 Å². The molecule has 0 aromatic heterocycles. The van der Waals surface area contributed by atoms with Gasteiger partial charge in [0.15, 0.2) is 0 Å². The molecule has 0 unspecified atom stereocenters. The quantitative estimate of drug-likeness (QED) is 0.375. The summed E-state index contributed by atoms with van der Waals surface area (Å²) in [6.07, 6.45) is 0. The zero-order valence-electron chi connectivity index (χ0n) is 9.65. The standard InChI is InChI=1S/C11H18N2O2.2ClH/c14-8-7-12-5-6-13-9-10-3-1-2-4-11(10)15;;/h1-4,12-15H,5-9H2;2*1H. The smallest absolute Gasteiger partial charge is 0.125 e. The second-order valence-corrected chi connectivity index (χ2v) is 3.50. The van der Waals surface area contributed by atoms with Crippen LogP contribution in [0.15, 0.2) is 24.3 Å². The number of rotatable bonds is 7. The molecule has 0 aliphatic rings. The predicted octanol–water partition coefficient (Wildman–Crippen LogP) is -7.98. The van der Waals surface area contributed by atoms with E-state index in [1.165, 1.54) is 0 Å². The van der Waals surface area contributed by atoms with Crippen molar-refractivity contribution in [2.75, 3.05) is 26.2 Å². The van der Waals surface area contributed by atoms with Gasteiger partial charge in [-0.1, -0.05) is 12.1 Å². The molecular weight excluding hydrogens is 263 g/mol. The van der Waals surface area contributed by atoms with Crippen molar-refractivity contribution in [2.45, 2.75) is 6.54 Å². The van der Waals surface area contributed by atoms with Gasteiger partial charge in [-0.2, -0.15) is 0 Å². The predicted molar refractivity (Wildman–Crippen MR) is 57.3 cm³/mol. The maximum absolute atomic E-state index is 9.49. The molecule has 0 heterocycles. The molecule has 0 aliphatic carbocycles. The summed E-state index contributed by atoms with van der Waals surface area (Å²) >= 11 is 0. The minimum atomic E-state index is 0. The molecule has 0 saturated heterocycles. The highest BCUT2D eigenvalue weighted by molar-refractivity contribution is 5.30. The summed E-state index contributed by atoms with van der Waals surface area (Å²) in [5.74, 6) is 0.369. The van der Waals surface area contributed by atoms with Gasteiger partial charge < -0.3 is 45.7 Å². The molecule has 0 radical (unpaired) electrons. The third-order valence-electron chi connectivity index (χ3n) is 2.26. The van der Waals surface area contributed by atoms with Gasteiger partial charge in [0.2, 0.25) is 0 Å². The zero-order valence-corrected chi connectivity index (χ0v) is 11.2. The van der Waals surface area contributed by atoms with E-state index >= 15 is 0 Å². The molecule has 0 atom stereocenters. The first-order valence-electron chi connectivity index (χ1n) is 5.35. The number of hydrogen-bond donors (Lipinski definition) is 4. The van der Waals surface area contributed by atoms with Crippen molar-refractivity contribution in [3.05, 3.63) is 29.8 Å². The number of halogens is 2. The molecule has 0 aliphatic heterocycles. The van der Waals surface area contributed by atoms with Crippen LogP contribution in [0.1, 0.15) is 5.56 Å². The molecule has 1 aromatic carbocycles. The molecule has 0 fully saturated rings. The van der Waals surface area contributed by atoms with Gasteiger partial charge in [-0.05, 0) is 12.1 Å². The number of quaternary nitrogens is 2. The maximum atomic E-state index is 9.49. The van der Waals surface area contributed by atoms with Crippen molar-refractivity contribution < 1.29 is 45.7 Å². The Balaban J connectivity index is 0. The number of benzene rings is 1. The fourth-order valence-electron chi connectivity index (χ4n) is 1.41. The fourth-order valence-corrected chi connectivity index (χ4v) is 1.41. The van der Waals surface area contributed by atoms with Crippen LogP contribution in [0.4, 0.5) is 0 Å². The number of aliphatic hydroxyl groups is 1. The van der Waals surface area contributed by atoms with E-state index in [0.29, 0.717) is 5.75 Å². The van der Waals surface area contributed by atoms with Crippen LogP contribution in [-0.2, 0) is 6.54 Å². The SMILES string of the molecule is OCC[NH2+]CC[NH2+]Cc1ccccc1O.[Cl-].[Cl-]. The van der Waals surface area contributed by atoms with Crippen LogP contribution in [0, 0.1) is 0 Å². The van der Waals surface area contributed by atoms with Gasteiger partial charge in [0, 0.05) is 5.56 Å². The summed E-state index contributed by atoms with van der Waals surface area (Å²) in [5.41, 5.74) is 0.972. The van der Waals surface area contributed by atoms with Crippen molar-refractivity contribution >= 4 is 0 Å². The second kappa shape index (κ2) is 12.0. The summed E-state index contributed by atoms with van der Waals surface area (Å²) in [6.45, 7) is 3.80. The molecular formula is C11H20Cl2N2O2. The van der Waals surface area contributed by atoms with Crippen LogP contribution in [0.25, 0.3) is 0 Å². The van der Waals surface area contributed by atoms with Crippen LogP contribution in [0.5, 0.6) is 5.75 Å². The average molecular weight is 283 g/mol. The largest absolute Gasteiger partial charge is 1.00 e. The third kappa shape index (κ3) is 8.24. The molecule has 4 nitrogen and oxygen atoms in total. The first-order valence-corrected chi connectivity index (χ1v) is 5.35. The third-order valence-corrected chi connectivity index (χ3v) is 2.26. The minimum absolute atomic E-state index is 0. The summed E-state index contributed by atoms with van der Waals surface area (Å²) in [6, 6.07) is 7.40. The Kier molecular flexibility index (Phi) is 13.2. The van der Waals surface area contributed by atoms with Crippen molar-refractivity contribution in [3.8, 4) is 5.75 Å². The Hall–Kier alpha value is -0.520. The Morgan fingerprint density at radius 3 is 2.24 bits per heavy atom. The van der Waals surface area contributed by atoms with Gasteiger partial charge in [0.1, 0.15) is 25.4 Å². The van der Waals surface area contributed by atoms with E-state index in [1.54, 1.807) is 6.07 Å². The van der Waals surface area contributed by atoms with Crippen LogP contribution in [0.3, 0.4) is 0 Å². The Morgan fingerprint density at radius 1 is 0.941 bits per heavy atom. The van der Waals surface area contributed by atoms with Gasteiger partial charge in [-0.3, -0.25) is 0 Å². The van der Waals surface area contributed by atoms with E-state index in [2.05, 4.69) is 10.6 Å². The molecule has 100 valence electrons. The Bertz CT molecular complexity index is 288. The molecule has 0 amide bonds. The number of aromatic hydroxyl groups is 1. The highest BCUT2D eigenvalue weighted by atomic mass is 35.5. The van der Waals surface area contributed by atoms with Gasteiger partial charge in [0.25, 0.3) is 0 Å².